The normalized spacial score (nSPS) is 22.5. The van der Waals surface area contributed by atoms with Crippen molar-refractivity contribution in [3.63, 3.8) is 0 Å². The van der Waals surface area contributed by atoms with E-state index in [9.17, 15) is 13.2 Å². The number of hydrogen-bond acceptors (Lipinski definition) is 4. The van der Waals surface area contributed by atoms with Gasteiger partial charge in [-0.3, -0.25) is 9.69 Å². The number of nitrogens with zero attached hydrogens (tertiary/aromatic N) is 2. The third-order valence-electron chi connectivity index (χ3n) is 5.20. The van der Waals surface area contributed by atoms with E-state index in [0.717, 1.165) is 32.2 Å². The van der Waals surface area contributed by atoms with Crippen molar-refractivity contribution in [3.8, 4) is 0 Å². The molecule has 2 heterocycles. The molecule has 6 nitrogen and oxygen atoms in total. The number of carbonyl (C=O) groups is 1. The second kappa shape index (κ2) is 8.25. The Bertz CT molecular complexity index is 763. The van der Waals surface area contributed by atoms with Crippen LogP contribution in [0.25, 0.3) is 0 Å². The van der Waals surface area contributed by atoms with Crippen LogP contribution >= 0.6 is 11.6 Å². The Morgan fingerprint density at radius 1 is 1.19 bits per heavy atom. The average Bonchev–Trinajstić information content (AvgIpc) is 3.14. The van der Waals surface area contributed by atoms with Crippen LogP contribution < -0.4 is 5.32 Å². The molecule has 2 saturated heterocycles. The number of hydrogen-bond donors (Lipinski definition) is 1. The number of likely N-dealkylation sites (tertiary alicyclic amines) is 1. The summed E-state index contributed by atoms with van der Waals surface area (Å²) in [5.74, 6) is -0.170. The molecule has 2 aliphatic rings. The maximum absolute atomic E-state index is 12.7. The summed E-state index contributed by atoms with van der Waals surface area (Å²) in [5, 5.41) is 3.12. The van der Waals surface area contributed by atoms with Gasteiger partial charge in [-0.15, -0.1) is 0 Å². The first-order valence-electron chi connectivity index (χ1n) is 9.21. The molecule has 1 N–H and O–H groups in total. The van der Waals surface area contributed by atoms with Gasteiger partial charge in [-0.05, 0) is 57.4 Å². The van der Waals surface area contributed by atoms with E-state index in [1.165, 1.54) is 28.9 Å². The van der Waals surface area contributed by atoms with E-state index in [1.807, 2.05) is 0 Å². The Morgan fingerprint density at radius 2 is 1.88 bits per heavy atom. The zero-order chi connectivity index (χ0) is 18.7. The first-order chi connectivity index (χ1) is 12.4. The summed E-state index contributed by atoms with van der Waals surface area (Å²) < 4.78 is 26.9. The molecule has 1 atom stereocenters. The predicted molar refractivity (Wildman–Crippen MR) is 103 cm³/mol. The summed E-state index contributed by atoms with van der Waals surface area (Å²) in [7, 11) is -3.54. The van der Waals surface area contributed by atoms with Crippen LogP contribution in [-0.2, 0) is 14.8 Å². The van der Waals surface area contributed by atoms with Gasteiger partial charge in [0, 0.05) is 19.1 Å². The third kappa shape index (κ3) is 4.39. The van der Waals surface area contributed by atoms with Crippen molar-refractivity contribution in [2.45, 2.75) is 50.0 Å². The molecule has 2 aliphatic heterocycles. The zero-order valence-corrected chi connectivity index (χ0v) is 16.7. The predicted octanol–water partition coefficient (Wildman–Crippen LogP) is 2.94. The Kier molecular flexibility index (Phi) is 6.22. The zero-order valence-electron chi connectivity index (χ0n) is 15.1. The highest BCUT2D eigenvalue weighted by atomic mass is 35.5. The van der Waals surface area contributed by atoms with Crippen LogP contribution in [0, 0.1) is 0 Å². The second-order valence-electron chi connectivity index (χ2n) is 7.12. The highest BCUT2D eigenvalue weighted by Crippen LogP contribution is 2.28. The molecule has 0 bridgehead atoms. The lowest BCUT2D eigenvalue weighted by atomic mass is 10.0. The van der Waals surface area contributed by atoms with E-state index in [4.69, 9.17) is 11.6 Å². The minimum atomic E-state index is -3.54. The fraction of sp³-hybridized carbons (Fsp3) is 0.611. The summed E-state index contributed by atoms with van der Waals surface area (Å²) in [5.41, 5.74) is 0.349. The number of benzene rings is 1. The van der Waals surface area contributed by atoms with Gasteiger partial charge in [-0.1, -0.05) is 18.0 Å². The number of rotatable bonds is 5. The van der Waals surface area contributed by atoms with Crippen molar-refractivity contribution in [1.82, 2.24) is 9.21 Å². The maximum Gasteiger partial charge on any atom is 0.243 e. The van der Waals surface area contributed by atoms with Crippen LogP contribution in [-0.4, -0.2) is 55.8 Å². The minimum Gasteiger partial charge on any atom is -0.324 e. The molecule has 144 valence electrons. The molecule has 26 heavy (non-hydrogen) atoms. The van der Waals surface area contributed by atoms with Crippen molar-refractivity contribution >= 4 is 33.2 Å². The van der Waals surface area contributed by atoms with E-state index in [-0.39, 0.29) is 10.8 Å². The molecule has 2 fully saturated rings. The molecule has 1 aromatic carbocycles. The van der Waals surface area contributed by atoms with Gasteiger partial charge in [-0.2, -0.15) is 4.31 Å². The summed E-state index contributed by atoms with van der Waals surface area (Å²) in [6.45, 7) is 4.41. The van der Waals surface area contributed by atoms with Gasteiger partial charge in [0.15, 0.2) is 0 Å². The molecule has 0 aromatic heterocycles. The van der Waals surface area contributed by atoms with Gasteiger partial charge in [0.2, 0.25) is 15.9 Å². The van der Waals surface area contributed by atoms with Crippen LogP contribution in [0.3, 0.4) is 0 Å². The van der Waals surface area contributed by atoms with E-state index in [2.05, 4.69) is 17.1 Å². The van der Waals surface area contributed by atoms with Crippen molar-refractivity contribution in [2.24, 2.45) is 0 Å². The lowest BCUT2D eigenvalue weighted by Crippen LogP contribution is -2.42. The number of piperidine rings is 1. The van der Waals surface area contributed by atoms with Gasteiger partial charge in [0.25, 0.3) is 0 Å². The number of amides is 1. The number of anilines is 1. The number of carbonyl (C=O) groups excluding carboxylic acids is 1. The summed E-state index contributed by atoms with van der Waals surface area (Å²) >= 11 is 6.18. The molecule has 0 saturated carbocycles. The molecular weight excluding hydrogens is 374 g/mol. The van der Waals surface area contributed by atoms with Crippen LogP contribution in [0.15, 0.2) is 23.1 Å². The first-order valence-corrected chi connectivity index (χ1v) is 11.0. The number of sulfonamides is 1. The molecule has 0 spiro atoms. The van der Waals surface area contributed by atoms with Gasteiger partial charge < -0.3 is 5.32 Å². The summed E-state index contributed by atoms with van der Waals surface area (Å²) in [6, 6.07) is 4.88. The fourth-order valence-corrected chi connectivity index (χ4v) is 5.31. The van der Waals surface area contributed by atoms with Crippen molar-refractivity contribution in [1.29, 1.82) is 0 Å². The minimum absolute atomic E-state index is 0.170. The van der Waals surface area contributed by atoms with Crippen LogP contribution in [0.2, 0.25) is 5.02 Å². The van der Waals surface area contributed by atoms with Crippen molar-refractivity contribution < 1.29 is 13.2 Å². The molecular formula is C18H26ClN3O3S. The molecule has 1 unspecified atom stereocenters. The third-order valence-corrected chi connectivity index (χ3v) is 7.43. The van der Waals surface area contributed by atoms with E-state index >= 15 is 0 Å². The fourth-order valence-electron chi connectivity index (χ4n) is 3.60. The van der Waals surface area contributed by atoms with Gasteiger partial charge in [0.05, 0.1) is 22.2 Å². The Hall–Kier alpha value is -1.15. The molecule has 1 aromatic rings. The standard InChI is InChI=1S/C18H26ClN3O3S/c1-14-6-2-3-9-21(14)13-18(23)20-17-12-15(7-8-16(17)19)26(24,25)22-10-4-5-11-22/h7-8,12,14H,2-6,9-11,13H2,1H3,(H,20,23). The van der Waals surface area contributed by atoms with E-state index in [1.54, 1.807) is 0 Å². The number of halogens is 1. The Balaban J connectivity index is 1.72. The summed E-state index contributed by atoms with van der Waals surface area (Å²) in [4.78, 5) is 14.7. The largest absolute Gasteiger partial charge is 0.324 e. The SMILES string of the molecule is CC1CCCCN1CC(=O)Nc1cc(S(=O)(=O)N2CCCC2)ccc1Cl. The topological polar surface area (TPSA) is 69.7 Å². The summed E-state index contributed by atoms with van der Waals surface area (Å²) in [6.07, 6.45) is 5.15. The molecule has 0 aliphatic carbocycles. The average molecular weight is 400 g/mol. The van der Waals surface area contributed by atoms with Crippen LogP contribution in [0.5, 0.6) is 0 Å². The van der Waals surface area contributed by atoms with Crippen molar-refractivity contribution in [2.75, 3.05) is 31.5 Å². The smallest absolute Gasteiger partial charge is 0.243 e. The van der Waals surface area contributed by atoms with Crippen LogP contribution in [0.1, 0.15) is 39.0 Å². The Morgan fingerprint density at radius 3 is 2.58 bits per heavy atom. The first kappa shape index (κ1) is 19.6. The van der Waals surface area contributed by atoms with E-state index < -0.39 is 10.0 Å². The number of nitrogens with one attached hydrogen (secondary N) is 1. The molecule has 8 heteroatoms. The molecule has 1 amide bonds. The highest BCUT2D eigenvalue weighted by molar-refractivity contribution is 7.89. The van der Waals surface area contributed by atoms with E-state index in [0.29, 0.717) is 36.4 Å². The Labute approximate surface area is 160 Å². The van der Waals surface area contributed by atoms with Gasteiger partial charge in [-0.25, -0.2) is 8.42 Å². The second-order valence-corrected chi connectivity index (χ2v) is 9.46. The molecule has 3 rings (SSSR count). The van der Waals surface area contributed by atoms with Crippen molar-refractivity contribution in [3.05, 3.63) is 23.2 Å². The highest BCUT2D eigenvalue weighted by Gasteiger charge is 2.28. The molecule has 0 radical (unpaired) electrons. The quantitative estimate of drug-likeness (QED) is 0.826. The maximum atomic E-state index is 12.7. The lowest BCUT2D eigenvalue weighted by Gasteiger charge is -2.32. The lowest BCUT2D eigenvalue weighted by molar-refractivity contribution is -0.118. The van der Waals surface area contributed by atoms with Gasteiger partial charge >= 0.3 is 0 Å². The van der Waals surface area contributed by atoms with Crippen LogP contribution in [0.4, 0.5) is 5.69 Å². The van der Waals surface area contributed by atoms with Gasteiger partial charge in [0.1, 0.15) is 0 Å². The monoisotopic (exact) mass is 399 g/mol.